The highest BCUT2D eigenvalue weighted by molar-refractivity contribution is 7.91. The van der Waals surface area contributed by atoms with Crippen molar-refractivity contribution in [1.82, 2.24) is 4.72 Å². The van der Waals surface area contributed by atoms with Crippen LogP contribution < -0.4 is 10.5 Å². The van der Waals surface area contributed by atoms with Crippen LogP contribution in [0, 0.1) is 18.7 Å². The predicted molar refractivity (Wildman–Crippen MR) is 77.5 cm³/mol. The van der Waals surface area contributed by atoms with E-state index in [0.717, 1.165) is 6.07 Å². The van der Waals surface area contributed by atoms with E-state index in [-0.39, 0.29) is 40.1 Å². The highest BCUT2D eigenvalue weighted by Crippen LogP contribution is 2.23. The van der Waals surface area contributed by atoms with Crippen LogP contribution >= 0.6 is 0 Å². The number of nitrogens with one attached hydrogen (secondary N) is 1. The summed E-state index contributed by atoms with van der Waals surface area (Å²) in [5.74, 6) is -0.903. The smallest absolute Gasteiger partial charge is 0.241 e. The zero-order valence-electron chi connectivity index (χ0n) is 11.5. The molecule has 9 heteroatoms. The molecule has 0 spiro atoms. The Bertz CT molecular complexity index is 760. The fourth-order valence-corrected chi connectivity index (χ4v) is 5.56. The van der Waals surface area contributed by atoms with Crippen molar-refractivity contribution in [2.75, 3.05) is 23.8 Å². The van der Waals surface area contributed by atoms with E-state index >= 15 is 0 Å². The van der Waals surface area contributed by atoms with Gasteiger partial charge in [0.1, 0.15) is 5.82 Å². The van der Waals surface area contributed by atoms with Crippen LogP contribution in [0.25, 0.3) is 0 Å². The van der Waals surface area contributed by atoms with Crippen LogP contribution in [0.5, 0.6) is 0 Å². The third kappa shape index (κ3) is 3.72. The SMILES string of the molecule is Cc1c(F)cc(N)cc1S(=O)(=O)NCC1CCS(=O)(=O)C1. The Balaban J connectivity index is 2.16. The molecule has 1 atom stereocenters. The van der Waals surface area contributed by atoms with Crippen molar-refractivity contribution >= 4 is 25.5 Å². The highest BCUT2D eigenvalue weighted by atomic mass is 32.2. The molecule has 0 aromatic heterocycles. The molecular weight excluding hydrogens is 319 g/mol. The summed E-state index contributed by atoms with van der Waals surface area (Å²) in [6.07, 6.45) is 0.426. The Kier molecular flexibility index (Phi) is 4.27. The number of nitrogen functional groups attached to an aromatic ring is 1. The van der Waals surface area contributed by atoms with Crippen LogP contribution in [0.2, 0.25) is 0 Å². The highest BCUT2D eigenvalue weighted by Gasteiger charge is 2.29. The van der Waals surface area contributed by atoms with Gasteiger partial charge in [-0.05, 0) is 31.4 Å². The number of halogens is 1. The van der Waals surface area contributed by atoms with Crippen LogP contribution in [0.15, 0.2) is 17.0 Å². The summed E-state index contributed by atoms with van der Waals surface area (Å²) in [4.78, 5) is -0.221. The third-order valence-electron chi connectivity index (χ3n) is 3.50. The normalized spacial score (nSPS) is 21.5. The molecule has 1 heterocycles. The van der Waals surface area contributed by atoms with E-state index in [1.165, 1.54) is 13.0 Å². The van der Waals surface area contributed by atoms with Crippen molar-refractivity contribution < 1.29 is 21.2 Å². The summed E-state index contributed by atoms with van der Waals surface area (Å²) < 4.78 is 63.0. The van der Waals surface area contributed by atoms with Gasteiger partial charge in [-0.3, -0.25) is 0 Å². The maximum Gasteiger partial charge on any atom is 0.241 e. The quantitative estimate of drug-likeness (QED) is 0.776. The van der Waals surface area contributed by atoms with Crippen molar-refractivity contribution in [1.29, 1.82) is 0 Å². The molecule has 1 aromatic carbocycles. The largest absolute Gasteiger partial charge is 0.399 e. The Morgan fingerprint density at radius 2 is 2.10 bits per heavy atom. The average Bonchev–Trinajstić information content (AvgIpc) is 2.71. The number of hydrogen-bond donors (Lipinski definition) is 2. The van der Waals surface area contributed by atoms with Crippen molar-refractivity contribution in [3.63, 3.8) is 0 Å². The molecule has 1 aliphatic rings. The first-order valence-electron chi connectivity index (χ1n) is 6.36. The van der Waals surface area contributed by atoms with Gasteiger partial charge in [0, 0.05) is 17.8 Å². The molecule has 1 saturated heterocycles. The molecule has 1 aliphatic heterocycles. The first kappa shape index (κ1) is 16.2. The Morgan fingerprint density at radius 1 is 1.43 bits per heavy atom. The van der Waals surface area contributed by atoms with Crippen molar-refractivity contribution in [2.24, 2.45) is 5.92 Å². The second-order valence-corrected chi connectivity index (χ2v) is 9.21. The van der Waals surface area contributed by atoms with Crippen molar-refractivity contribution in [3.8, 4) is 0 Å². The molecule has 118 valence electrons. The molecular formula is C12H17FN2O4S2. The lowest BCUT2D eigenvalue weighted by molar-refractivity contribution is 0.541. The Hall–Kier alpha value is -1.19. The van der Waals surface area contributed by atoms with Gasteiger partial charge in [-0.2, -0.15) is 0 Å². The number of hydrogen-bond acceptors (Lipinski definition) is 5. The van der Waals surface area contributed by atoms with E-state index < -0.39 is 25.7 Å². The molecule has 1 aromatic rings. The number of benzene rings is 1. The van der Waals surface area contributed by atoms with E-state index in [2.05, 4.69) is 4.72 Å². The fraction of sp³-hybridized carbons (Fsp3) is 0.500. The minimum Gasteiger partial charge on any atom is -0.399 e. The first-order chi connectivity index (χ1) is 9.61. The molecule has 1 unspecified atom stereocenters. The van der Waals surface area contributed by atoms with Gasteiger partial charge in [-0.25, -0.2) is 25.9 Å². The standard InChI is InChI=1S/C12H17FN2O4S2/c1-8-11(13)4-10(14)5-12(8)21(18,19)15-6-9-2-3-20(16,17)7-9/h4-5,9,15H,2-3,6-7,14H2,1H3. The zero-order chi connectivity index (χ0) is 15.8. The second kappa shape index (κ2) is 5.54. The monoisotopic (exact) mass is 336 g/mol. The minimum atomic E-state index is -3.93. The first-order valence-corrected chi connectivity index (χ1v) is 9.67. The van der Waals surface area contributed by atoms with E-state index in [0.29, 0.717) is 6.42 Å². The van der Waals surface area contributed by atoms with Gasteiger partial charge in [-0.1, -0.05) is 0 Å². The summed E-state index contributed by atoms with van der Waals surface area (Å²) in [6.45, 7) is 1.36. The Morgan fingerprint density at radius 3 is 2.67 bits per heavy atom. The van der Waals surface area contributed by atoms with Crippen LogP contribution in [0.3, 0.4) is 0 Å². The topological polar surface area (TPSA) is 106 Å². The summed E-state index contributed by atoms with van der Waals surface area (Å²) in [7, 11) is -6.99. The zero-order valence-corrected chi connectivity index (χ0v) is 13.1. The average molecular weight is 336 g/mol. The van der Waals surface area contributed by atoms with Crippen LogP contribution in [0.1, 0.15) is 12.0 Å². The Labute approximate surface area is 123 Å². The molecule has 0 bridgehead atoms. The van der Waals surface area contributed by atoms with Gasteiger partial charge >= 0.3 is 0 Å². The number of anilines is 1. The number of sulfone groups is 1. The number of rotatable bonds is 4. The van der Waals surface area contributed by atoms with E-state index in [4.69, 9.17) is 5.73 Å². The fourth-order valence-electron chi connectivity index (χ4n) is 2.29. The van der Waals surface area contributed by atoms with Crippen molar-refractivity contribution in [3.05, 3.63) is 23.5 Å². The second-order valence-electron chi connectivity index (χ2n) is 5.25. The summed E-state index contributed by atoms with van der Waals surface area (Å²) in [5.41, 5.74) is 5.47. The van der Waals surface area contributed by atoms with Gasteiger partial charge in [0.15, 0.2) is 9.84 Å². The molecule has 6 nitrogen and oxygen atoms in total. The lowest BCUT2D eigenvalue weighted by Gasteiger charge is -2.13. The van der Waals surface area contributed by atoms with E-state index in [1.54, 1.807) is 0 Å². The van der Waals surface area contributed by atoms with Gasteiger partial charge in [0.05, 0.1) is 16.4 Å². The minimum absolute atomic E-state index is 0.0113. The van der Waals surface area contributed by atoms with Gasteiger partial charge in [0.2, 0.25) is 10.0 Å². The van der Waals surface area contributed by atoms with Crippen LogP contribution in [0.4, 0.5) is 10.1 Å². The lowest BCUT2D eigenvalue weighted by Crippen LogP contribution is -2.30. The molecule has 2 rings (SSSR count). The molecule has 21 heavy (non-hydrogen) atoms. The molecule has 0 amide bonds. The maximum atomic E-state index is 13.6. The predicted octanol–water partition coefficient (Wildman–Crippen LogP) is 0.429. The van der Waals surface area contributed by atoms with Gasteiger partial charge < -0.3 is 5.73 Å². The molecule has 0 saturated carbocycles. The molecule has 0 aliphatic carbocycles. The summed E-state index contributed by atoms with van der Waals surface area (Å²) in [6, 6.07) is 2.24. The van der Waals surface area contributed by atoms with E-state index in [1.807, 2.05) is 0 Å². The van der Waals surface area contributed by atoms with Gasteiger partial charge in [0.25, 0.3) is 0 Å². The van der Waals surface area contributed by atoms with Crippen LogP contribution in [-0.2, 0) is 19.9 Å². The summed E-state index contributed by atoms with van der Waals surface area (Å²) in [5, 5.41) is 0. The maximum absolute atomic E-state index is 13.6. The number of nitrogens with two attached hydrogens (primary N) is 1. The van der Waals surface area contributed by atoms with Crippen LogP contribution in [-0.4, -0.2) is 34.9 Å². The number of sulfonamides is 1. The summed E-state index contributed by atoms with van der Waals surface area (Å²) >= 11 is 0. The van der Waals surface area contributed by atoms with Crippen molar-refractivity contribution in [2.45, 2.75) is 18.2 Å². The lowest BCUT2D eigenvalue weighted by atomic mass is 10.1. The molecule has 0 radical (unpaired) electrons. The van der Waals surface area contributed by atoms with E-state index in [9.17, 15) is 21.2 Å². The molecule has 1 fully saturated rings. The third-order valence-corrected chi connectivity index (χ3v) is 6.88. The molecule has 3 N–H and O–H groups in total. The van der Waals surface area contributed by atoms with Gasteiger partial charge in [-0.15, -0.1) is 0 Å².